The molecule has 1 aliphatic rings. The van der Waals surface area contributed by atoms with Gasteiger partial charge in [-0.2, -0.15) is 13.2 Å². The first-order chi connectivity index (χ1) is 12.8. The van der Waals surface area contributed by atoms with Crippen molar-refractivity contribution >= 4 is 28.2 Å². The fourth-order valence-electron chi connectivity index (χ4n) is 3.06. The molecule has 0 spiro atoms. The Morgan fingerprint density at radius 3 is 2.81 bits per heavy atom. The first-order valence-electron chi connectivity index (χ1n) is 8.45. The van der Waals surface area contributed by atoms with Gasteiger partial charge in [0, 0.05) is 23.4 Å². The van der Waals surface area contributed by atoms with Crippen molar-refractivity contribution in [3.63, 3.8) is 0 Å². The Kier molecular flexibility index (Phi) is 5.61. The predicted octanol–water partition coefficient (Wildman–Crippen LogP) is 3.48. The lowest BCUT2D eigenvalue weighted by Crippen LogP contribution is -2.27. The zero-order valence-corrected chi connectivity index (χ0v) is 15.1. The van der Waals surface area contributed by atoms with E-state index in [9.17, 15) is 22.8 Å². The summed E-state index contributed by atoms with van der Waals surface area (Å²) < 4.78 is 37.3. The molecule has 0 aliphatic heterocycles. The van der Waals surface area contributed by atoms with Gasteiger partial charge in [0.2, 0.25) is 5.78 Å². The number of rotatable bonds is 5. The van der Waals surface area contributed by atoms with Gasteiger partial charge in [-0.3, -0.25) is 14.9 Å². The van der Waals surface area contributed by atoms with Crippen LogP contribution in [0.2, 0.25) is 0 Å². The topological polar surface area (TPSA) is 85.1 Å². The van der Waals surface area contributed by atoms with E-state index in [0.29, 0.717) is 36.5 Å². The maximum Gasteiger partial charge on any atom is 0.449 e. The molecular weight excluding hydrogens is 379 g/mol. The minimum absolute atomic E-state index is 0.319. The van der Waals surface area contributed by atoms with E-state index < -0.39 is 18.4 Å². The summed E-state index contributed by atoms with van der Waals surface area (Å²) in [5, 5.41) is 3.14. The van der Waals surface area contributed by atoms with Crippen molar-refractivity contribution in [2.24, 2.45) is 11.7 Å². The van der Waals surface area contributed by atoms with E-state index in [1.807, 2.05) is 6.07 Å². The Labute approximate surface area is 157 Å². The van der Waals surface area contributed by atoms with E-state index in [1.54, 1.807) is 18.2 Å². The van der Waals surface area contributed by atoms with Crippen LogP contribution in [0, 0.1) is 5.92 Å². The molecule has 144 valence electrons. The van der Waals surface area contributed by atoms with Crippen LogP contribution in [-0.2, 0) is 24.2 Å². The predicted molar refractivity (Wildman–Crippen MR) is 95.6 cm³/mol. The summed E-state index contributed by atoms with van der Waals surface area (Å²) in [5.74, 6) is -2.36. The van der Waals surface area contributed by atoms with Crippen LogP contribution >= 0.6 is 11.3 Å². The van der Waals surface area contributed by atoms with Gasteiger partial charge in [0.25, 0.3) is 5.91 Å². The van der Waals surface area contributed by atoms with E-state index >= 15 is 0 Å². The Morgan fingerprint density at radius 2 is 2.11 bits per heavy atom. The molecule has 9 heteroatoms. The molecule has 1 aromatic heterocycles. The maximum absolute atomic E-state index is 12.4. The molecule has 0 fully saturated rings. The van der Waals surface area contributed by atoms with Gasteiger partial charge in [0.05, 0.1) is 5.69 Å². The monoisotopic (exact) mass is 397 g/mol. The minimum Gasteiger partial charge on any atom is -0.326 e. The number of hydrogen-bond acceptors (Lipinski definition) is 5. The number of aryl methyl sites for hydroxylation is 1. The zero-order chi connectivity index (χ0) is 19.6. The molecule has 1 aromatic carbocycles. The number of ketones is 1. The van der Waals surface area contributed by atoms with Crippen molar-refractivity contribution in [1.82, 2.24) is 4.98 Å². The number of thiazole rings is 1. The van der Waals surface area contributed by atoms with Crippen LogP contribution in [0.1, 0.15) is 39.3 Å². The van der Waals surface area contributed by atoms with E-state index in [0.717, 1.165) is 16.1 Å². The molecule has 27 heavy (non-hydrogen) atoms. The molecule has 1 aliphatic carbocycles. The number of halogens is 3. The number of benzene rings is 1. The number of hydrogen-bond donors (Lipinski definition) is 2. The summed E-state index contributed by atoms with van der Waals surface area (Å²) in [6.45, 7) is 0.324. The van der Waals surface area contributed by atoms with Gasteiger partial charge in [-0.05, 0) is 42.9 Å². The second-order valence-electron chi connectivity index (χ2n) is 6.48. The third-order valence-electron chi connectivity index (χ3n) is 4.48. The smallest absolute Gasteiger partial charge is 0.326 e. The number of nitrogens with two attached hydrogens (primary N) is 1. The first kappa shape index (κ1) is 19.5. The number of fused-ring (bicyclic) bond motifs is 1. The molecule has 3 rings (SSSR count). The van der Waals surface area contributed by atoms with Crippen molar-refractivity contribution in [2.45, 2.75) is 38.4 Å². The SMILES string of the molecule is NCc1cccc(C(=O)Nc2nc3c(s2)C[C@@H](CC(=O)C(F)(F)F)CC3)c1. The summed E-state index contributed by atoms with van der Waals surface area (Å²) in [7, 11) is 0. The molecule has 1 atom stereocenters. The molecule has 1 amide bonds. The number of nitrogens with zero attached hydrogens (tertiary/aromatic N) is 1. The summed E-state index contributed by atoms with van der Waals surface area (Å²) in [5.41, 5.74) is 7.64. The summed E-state index contributed by atoms with van der Waals surface area (Å²) in [4.78, 5) is 28.8. The largest absolute Gasteiger partial charge is 0.449 e. The molecule has 0 unspecified atom stereocenters. The van der Waals surface area contributed by atoms with Gasteiger partial charge in [-0.25, -0.2) is 4.98 Å². The van der Waals surface area contributed by atoms with Crippen molar-refractivity contribution < 1.29 is 22.8 Å². The number of Topliss-reactive ketones (excluding diaryl/α,β-unsaturated/α-hetero) is 1. The van der Waals surface area contributed by atoms with Gasteiger partial charge >= 0.3 is 6.18 Å². The third kappa shape index (κ3) is 4.72. The highest BCUT2D eigenvalue weighted by atomic mass is 32.1. The first-order valence-corrected chi connectivity index (χ1v) is 9.27. The Morgan fingerprint density at radius 1 is 1.33 bits per heavy atom. The number of aromatic nitrogens is 1. The van der Waals surface area contributed by atoms with Gasteiger partial charge in [-0.15, -0.1) is 11.3 Å². The number of carbonyl (C=O) groups is 2. The molecular formula is C18H18F3N3O2S. The molecule has 3 N–H and O–H groups in total. The van der Waals surface area contributed by atoms with Crippen molar-refractivity contribution in [2.75, 3.05) is 5.32 Å². The average molecular weight is 397 g/mol. The highest BCUT2D eigenvalue weighted by Gasteiger charge is 2.39. The van der Waals surface area contributed by atoms with E-state index in [2.05, 4.69) is 10.3 Å². The van der Waals surface area contributed by atoms with Crippen LogP contribution < -0.4 is 11.1 Å². The van der Waals surface area contributed by atoms with Crippen molar-refractivity contribution in [3.8, 4) is 0 Å². The minimum atomic E-state index is -4.79. The van der Waals surface area contributed by atoms with Crippen molar-refractivity contribution in [3.05, 3.63) is 46.0 Å². The molecule has 1 heterocycles. The number of carbonyl (C=O) groups excluding carboxylic acids is 2. The molecule has 0 radical (unpaired) electrons. The Balaban J connectivity index is 1.66. The summed E-state index contributed by atoms with van der Waals surface area (Å²) in [6, 6.07) is 6.93. The van der Waals surface area contributed by atoms with Crippen LogP contribution in [0.25, 0.3) is 0 Å². The Bertz CT molecular complexity index is 864. The molecule has 0 saturated carbocycles. The highest BCUT2D eigenvalue weighted by Crippen LogP contribution is 2.35. The van der Waals surface area contributed by atoms with Gasteiger partial charge in [0.15, 0.2) is 5.13 Å². The number of alkyl halides is 3. The number of amides is 1. The lowest BCUT2D eigenvalue weighted by atomic mass is 9.87. The van der Waals surface area contributed by atoms with Gasteiger partial charge in [-0.1, -0.05) is 12.1 Å². The van der Waals surface area contributed by atoms with E-state index in [-0.39, 0.29) is 11.8 Å². The third-order valence-corrected chi connectivity index (χ3v) is 5.51. The molecule has 0 saturated heterocycles. The van der Waals surface area contributed by atoms with E-state index in [4.69, 9.17) is 5.73 Å². The fourth-order valence-corrected chi connectivity index (χ4v) is 4.18. The second kappa shape index (κ2) is 7.77. The highest BCUT2D eigenvalue weighted by molar-refractivity contribution is 7.15. The summed E-state index contributed by atoms with van der Waals surface area (Å²) >= 11 is 1.25. The normalized spacial score (nSPS) is 16.7. The molecule has 5 nitrogen and oxygen atoms in total. The fraction of sp³-hybridized carbons (Fsp3) is 0.389. The lowest BCUT2D eigenvalue weighted by molar-refractivity contribution is -0.172. The van der Waals surface area contributed by atoms with Gasteiger partial charge in [0.1, 0.15) is 0 Å². The van der Waals surface area contributed by atoms with Crippen LogP contribution in [-0.4, -0.2) is 22.9 Å². The lowest BCUT2D eigenvalue weighted by Gasteiger charge is -2.20. The standard InChI is InChI=1S/C18H18F3N3O2S/c19-18(20,21)15(25)8-10-4-5-13-14(7-10)27-17(23-13)24-16(26)12-3-1-2-11(6-12)9-22/h1-3,6,10H,4-5,7-9,22H2,(H,23,24,26)/t10-/m0/s1. The van der Waals surface area contributed by atoms with Crippen LogP contribution in [0.5, 0.6) is 0 Å². The molecule has 2 aromatic rings. The second-order valence-corrected chi connectivity index (χ2v) is 7.57. The number of anilines is 1. The van der Waals surface area contributed by atoms with Crippen LogP contribution in [0.15, 0.2) is 24.3 Å². The van der Waals surface area contributed by atoms with E-state index in [1.165, 1.54) is 11.3 Å². The van der Waals surface area contributed by atoms with Gasteiger partial charge < -0.3 is 5.73 Å². The van der Waals surface area contributed by atoms with Crippen LogP contribution in [0.4, 0.5) is 18.3 Å². The molecule has 0 bridgehead atoms. The number of nitrogens with one attached hydrogen (secondary N) is 1. The maximum atomic E-state index is 12.4. The zero-order valence-electron chi connectivity index (χ0n) is 14.3. The average Bonchev–Trinajstić information content (AvgIpc) is 3.02. The van der Waals surface area contributed by atoms with Crippen LogP contribution in [0.3, 0.4) is 0 Å². The summed E-state index contributed by atoms with van der Waals surface area (Å²) in [6.07, 6.45) is -3.95. The quantitative estimate of drug-likeness (QED) is 0.809. The Hall–Kier alpha value is -2.26. The van der Waals surface area contributed by atoms with Crippen molar-refractivity contribution in [1.29, 1.82) is 0 Å².